The van der Waals surface area contributed by atoms with E-state index in [-0.39, 0.29) is 6.03 Å². The van der Waals surface area contributed by atoms with Crippen molar-refractivity contribution < 1.29 is 13.9 Å². The van der Waals surface area contributed by atoms with Crippen LogP contribution < -0.4 is 15.5 Å². The van der Waals surface area contributed by atoms with Crippen LogP contribution >= 0.6 is 0 Å². The molecule has 6 nitrogen and oxygen atoms in total. The van der Waals surface area contributed by atoms with Crippen LogP contribution in [0.25, 0.3) is 0 Å². The summed E-state index contributed by atoms with van der Waals surface area (Å²) < 4.78 is 10.6. The number of para-hydroxylation sites is 2. The van der Waals surface area contributed by atoms with Crippen molar-refractivity contribution in [3.8, 4) is 0 Å². The van der Waals surface area contributed by atoms with Crippen LogP contribution in [0.5, 0.6) is 0 Å². The summed E-state index contributed by atoms with van der Waals surface area (Å²) in [7, 11) is 3.88. The van der Waals surface area contributed by atoms with Crippen LogP contribution in [-0.2, 0) is 11.3 Å². The van der Waals surface area contributed by atoms with Gasteiger partial charge >= 0.3 is 6.03 Å². The van der Waals surface area contributed by atoms with Gasteiger partial charge in [0.1, 0.15) is 12.4 Å². The Morgan fingerprint density at radius 3 is 2.78 bits per heavy atom. The summed E-state index contributed by atoms with van der Waals surface area (Å²) in [4.78, 5) is 13.9. The fourth-order valence-electron chi connectivity index (χ4n) is 2.08. The number of urea groups is 1. The Hall–Kier alpha value is -2.47. The Labute approximate surface area is 136 Å². The quantitative estimate of drug-likeness (QED) is 0.734. The molecule has 0 saturated heterocycles. The molecule has 2 rings (SSSR count). The van der Waals surface area contributed by atoms with Crippen LogP contribution in [0.15, 0.2) is 47.1 Å². The molecule has 0 aliphatic heterocycles. The van der Waals surface area contributed by atoms with Crippen molar-refractivity contribution in [1.82, 2.24) is 5.32 Å². The molecule has 0 saturated carbocycles. The molecule has 0 radical (unpaired) electrons. The molecule has 0 unspecified atom stereocenters. The van der Waals surface area contributed by atoms with Gasteiger partial charge < -0.3 is 24.7 Å². The van der Waals surface area contributed by atoms with Crippen LogP contribution in [0.1, 0.15) is 12.2 Å². The molecule has 0 aliphatic carbocycles. The number of carbonyl (C=O) groups is 1. The molecule has 0 fully saturated rings. The lowest BCUT2D eigenvalue weighted by Gasteiger charge is -2.17. The fraction of sp³-hybridized carbons (Fsp3) is 0.353. The lowest BCUT2D eigenvalue weighted by molar-refractivity contribution is 0.104. The van der Waals surface area contributed by atoms with E-state index < -0.39 is 0 Å². The number of carbonyl (C=O) groups excluding carboxylic acids is 1. The van der Waals surface area contributed by atoms with Crippen molar-refractivity contribution in [2.75, 3.05) is 37.5 Å². The minimum Gasteiger partial charge on any atom is -0.467 e. The number of amides is 2. The number of hydrogen-bond acceptors (Lipinski definition) is 4. The highest BCUT2D eigenvalue weighted by Gasteiger charge is 2.07. The van der Waals surface area contributed by atoms with Gasteiger partial charge in [0, 0.05) is 27.2 Å². The van der Waals surface area contributed by atoms with Crippen LogP contribution in [0.2, 0.25) is 0 Å². The predicted molar refractivity (Wildman–Crippen MR) is 90.8 cm³/mol. The Balaban J connectivity index is 1.63. The Morgan fingerprint density at radius 1 is 1.22 bits per heavy atom. The van der Waals surface area contributed by atoms with Gasteiger partial charge in [-0.05, 0) is 30.7 Å². The second kappa shape index (κ2) is 8.85. The second-order valence-electron chi connectivity index (χ2n) is 5.28. The third kappa shape index (κ3) is 5.67. The summed E-state index contributed by atoms with van der Waals surface area (Å²) >= 11 is 0. The summed E-state index contributed by atoms with van der Waals surface area (Å²) in [6.07, 6.45) is 2.36. The highest BCUT2D eigenvalue weighted by Crippen LogP contribution is 2.23. The normalized spacial score (nSPS) is 10.3. The lowest BCUT2D eigenvalue weighted by atomic mass is 10.2. The van der Waals surface area contributed by atoms with E-state index in [1.54, 1.807) is 6.26 Å². The maximum Gasteiger partial charge on any atom is 0.319 e. The molecule has 2 N–H and O–H groups in total. The van der Waals surface area contributed by atoms with Gasteiger partial charge in [0.2, 0.25) is 0 Å². The average Bonchev–Trinajstić information content (AvgIpc) is 3.04. The number of furan rings is 1. The van der Waals surface area contributed by atoms with Crippen LogP contribution in [0.3, 0.4) is 0 Å². The average molecular weight is 317 g/mol. The fourth-order valence-corrected chi connectivity index (χ4v) is 2.08. The van der Waals surface area contributed by atoms with Crippen molar-refractivity contribution in [2.24, 2.45) is 0 Å². The first-order chi connectivity index (χ1) is 11.2. The number of nitrogens with zero attached hydrogens (tertiary/aromatic N) is 1. The maximum absolute atomic E-state index is 11.9. The molecule has 0 bridgehead atoms. The van der Waals surface area contributed by atoms with Gasteiger partial charge in [-0.2, -0.15) is 0 Å². The third-order valence-corrected chi connectivity index (χ3v) is 3.21. The van der Waals surface area contributed by atoms with Gasteiger partial charge in [-0.25, -0.2) is 4.79 Å². The molecule has 1 heterocycles. The molecule has 23 heavy (non-hydrogen) atoms. The summed E-state index contributed by atoms with van der Waals surface area (Å²) in [6, 6.07) is 11.1. The first kappa shape index (κ1) is 16.9. The van der Waals surface area contributed by atoms with E-state index in [0.717, 1.165) is 23.6 Å². The standard InChI is InChI=1S/C17H23N3O3/c1-20(2)16-9-4-3-8-15(16)19-17(21)18-10-6-11-22-13-14-7-5-12-23-14/h3-5,7-9,12H,6,10-11,13H2,1-2H3,(H2,18,19,21). The van der Waals surface area contributed by atoms with E-state index >= 15 is 0 Å². The molecular formula is C17H23N3O3. The van der Waals surface area contributed by atoms with Gasteiger partial charge in [-0.3, -0.25) is 0 Å². The Bertz CT molecular complexity index is 597. The monoisotopic (exact) mass is 317 g/mol. The molecule has 1 aromatic heterocycles. The number of rotatable bonds is 8. The predicted octanol–water partition coefficient (Wildman–Crippen LogP) is 3.07. The summed E-state index contributed by atoms with van der Waals surface area (Å²) in [6.45, 7) is 1.57. The SMILES string of the molecule is CN(C)c1ccccc1NC(=O)NCCCOCc1ccco1. The van der Waals surface area contributed by atoms with Crippen molar-refractivity contribution >= 4 is 17.4 Å². The zero-order valence-electron chi connectivity index (χ0n) is 13.5. The van der Waals surface area contributed by atoms with E-state index in [2.05, 4.69) is 10.6 Å². The minimum absolute atomic E-state index is 0.217. The number of benzene rings is 1. The summed E-state index contributed by atoms with van der Waals surface area (Å²) in [5, 5.41) is 5.68. The first-order valence-electron chi connectivity index (χ1n) is 7.58. The van der Waals surface area contributed by atoms with E-state index in [4.69, 9.17) is 9.15 Å². The van der Waals surface area contributed by atoms with E-state index in [1.165, 1.54) is 0 Å². The largest absolute Gasteiger partial charge is 0.467 e. The molecule has 2 amide bonds. The van der Waals surface area contributed by atoms with Gasteiger partial charge in [0.15, 0.2) is 0 Å². The smallest absolute Gasteiger partial charge is 0.319 e. The van der Waals surface area contributed by atoms with Crippen molar-refractivity contribution in [1.29, 1.82) is 0 Å². The number of ether oxygens (including phenoxy) is 1. The molecule has 0 aliphatic rings. The van der Waals surface area contributed by atoms with E-state index in [0.29, 0.717) is 19.8 Å². The van der Waals surface area contributed by atoms with Gasteiger partial charge in [0.05, 0.1) is 17.6 Å². The highest BCUT2D eigenvalue weighted by molar-refractivity contribution is 5.93. The summed E-state index contributed by atoms with van der Waals surface area (Å²) in [5.74, 6) is 0.802. The molecule has 2 aromatic rings. The number of anilines is 2. The van der Waals surface area contributed by atoms with E-state index in [1.807, 2.05) is 55.4 Å². The zero-order chi connectivity index (χ0) is 16.5. The second-order valence-corrected chi connectivity index (χ2v) is 5.28. The van der Waals surface area contributed by atoms with Gasteiger partial charge in [-0.15, -0.1) is 0 Å². The topological polar surface area (TPSA) is 66.7 Å². The van der Waals surface area contributed by atoms with Crippen molar-refractivity contribution in [3.05, 3.63) is 48.4 Å². The molecule has 0 spiro atoms. The van der Waals surface area contributed by atoms with Gasteiger partial charge in [0.25, 0.3) is 0 Å². The third-order valence-electron chi connectivity index (χ3n) is 3.21. The molecule has 124 valence electrons. The van der Waals surface area contributed by atoms with Crippen LogP contribution in [-0.4, -0.2) is 33.3 Å². The molecule has 0 atom stereocenters. The first-order valence-corrected chi connectivity index (χ1v) is 7.58. The minimum atomic E-state index is -0.217. The maximum atomic E-state index is 11.9. The molecule has 6 heteroatoms. The Kier molecular flexibility index (Phi) is 6.50. The Morgan fingerprint density at radius 2 is 2.04 bits per heavy atom. The lowest BCUT2D eigenvalue weighted by Crippen LogP contribution is -2.30. The van der Waals surface area contributed by atoms with Crippen molar-refractivity contribution in [3.63, 3.8) is 0 Å². The number of nitrogens with one attached hydrogen (secondary N) is 2. The highest BCUT2D eigenvalue weighted by atomic mass is 16.5. The van der Waals surface area contributed by atoms with Crippen LogP contribution in [0.4, 0.5) is 16.2 Å². The zero-order valence-corrected chi connectivity index (χ0v) is 13.5. The van der Waals surface area contributed by atoms with Crippen LogP contribution in [0, 0.1) is 0 Å². The molecular weight excluding hydrogens is 294 g/mol. The molecule has 1 aromatic carbocycles. The van der Waals surface area contributed by atoms with Crippen molar-refractivity contribution in [2.45, 2.75) is 13.0 Å². The van der Waals surface area contributed by atoms with Gasteiger partial charge in [-0.1, -0.05) is 12.1 Å². The summed E-state index contributed by atoms with van der Waals surface area (Å²) in [5.41, 5.74) is 1.74. The van der Waals surface area contributed by atoms with E-state index in [9.17, 15) is 4.79 Å². The number of hydrogen-bond donors (Lipinski definition) is 2.